The molecule has 1 heterocycles. The van der Waals surface area contributed by atoms with Crippen LogP contribution in [0.25, 0.3) is 0 Å². The maximum atomic E-state index is 11.1. The zero-order chi connectivity index (χ0) is 12.8. The second-order valence-corrected chi connectivity index (χ2v) is 6.04. The molecular formula is C10H21N5OS. The fourth-order valence-corrected chi connectivity index (χ4v) is 2.10. The summed E-state index contributed by atoms with van der Waals surface area (Å²) in [6.07, 6.45) is 2.54. The Bertz CT molecular complexity index is 365. The molecule has 0 aromatic carbocycles. The van der Waals surface area contributed by atoms with Crippen LogP contribution in [0.1, 0.15) is 39.1 Å². The van der Waals surface area contributed by atoms with Crippen molar-refractivity contribution in [2.24, 2.45) is 0 Å². The Balaban J connectivity index is 2.57. The van der Waals surface area contributed by atoms with Gasteiger partial charge in [-0.2, -0.15) is 0 Å². The molecule has 0 spiro atoms. The molecule has 1 aromatic heterocycles. The summed E-state index contributed by atoms with van der Waals surface area (Å²) in [7, 11) is -0.763. The summed E-state index contributed by atoms with van der Waals surface area (Å²) < 4.78 is 12.9. The van der Waals surface area contributed by atoms with Crippen LogP contribution in [-0.4, -0.2) is 42.5 Å². The largest absolute Gasteiger partial charge is 0.308 e. The Kier molecular flexibility index (Phi) is 5.70. The smallest absolute Gasteiger partial charge is 0.165 e. The molecule has 7 heteroatoms. The van der Waals surface area contributed by atoms with Gasteiger partial charge in [-0.15, -0.1) is 5.10 Å². The molecule has 0 saturated carbocycles. The van der Waals surface area contributed by atoms with Crippen LogP contribution in [0.15, 0.2) is 0 Å². The number of aromatic nitrogens is 4. The van der Waals surface area contributed by atoms with Crippen LogP contribution in [0.2, 0.25) is 0 Å². The highest BCUT2D eigenvalue weighted by Crippen LogP contribution is 2.10. The molecular weight excluding hydrogens is 238 g/mol. The van der Waals surface area contributed by atoms with Crippen molar-refractivity contribution in [1.82, 2.24) is 25.5 Å². The summed E-state index contributed by atoms with van der Waals surface area (Å²) in [6.45, 7) is 6.86. The summed E-state index contributed by atoms with van der Waals surface area (Å²) in [5.41, 5.74) is 0. The number of nitrogens with one attached hydrogen (secondary N) is 1. The lowest BCUT2D eigenvalue weighted by Gasteiger charge is -2.13. The van der Waals surface area contributed by atoms with Gasteiger partial charge >= 0.3 is 0 Å². The normalized spacial score (nSPS) is 15.1. The lowest BCUT2D eigenvalue weighted by Crippen LogP contribution is -2.25. The Hall–Kier alpha value is -0.820. The third-order valence-corrected chi connectivity index (χ3v) is 3.28. The van der Waals surface area contributed by atoms with E-state index in [9.17, 15) is 4.21 Å². The molecule has 1 N–H and O–H groups in total. The molecule has 0 aliphatic carbocycles. The summed E-state index contributed by atoms with van der Waals surface area (Å²) in [6, 6.07) is 0.580. The van der Waals surface area contributed by atoms with Crippen LogP contribution in [0.4, 0.5) is 0 Å². The van der Waals surface area contributed by atoms with Crippen molar-refractivity contribution in [3.05, 3.63) is 5.82 Å². The minimum atomic E-state index is -0.763. The molecule has 0 fully saturated rings. The van der Waals surface area contributed by atoms with E-state index in [1.807, 2.05) is 11.6 Å². The van der Waals surface area contributed by atoms with Crippen molar-refractivity contribution in [3.8, 4) is 0 Å². The topological polar surface area (TPSA) is 72.7 Å². The maximum Gasteiger partial charge on any atom is 0.165 e. The lowest BCUT2D eigenvalue weighted by atomic mass is 10.2. The van der Waals surface area contributed by atoms with E-state index in [2.05, 4.69) is 34.7 Å². The van der Waals surface area contributed by atoms with Crippen molar-refractivity contribution in [3.63, 3.8) is 0 Å². The number of tetrazole rings is 1. The van der Waals surface area contributed by atoms with Gasteiger partial charge in [0.2, 0.25) is 0 Å². The minimum absolute atomic E-state index is 0.179. The summed E-state index contributed by atoms with van der Waals surface area (Å²) in [5.74, 6) is 1.51. The Labute approximate surface area is 105 Å². The van der Waals surface area contributed by atoms with Crippen LogP contribution in [0.5, 0.6) is 0 Å². The number of nitrogens with zero attached hydrogens (tertiary/aromatic N) is 4. The van der Waals surface area contributed by atoms with E-state index >= 15 is 0 Å². The third kappa shape index (κ3) is 4.91. The summed E-state index contributed by atoms with van der Waals surface area (Å²) >= 11 is 0. The van der Waals surface area contributed by atoms with Crippen LogP contribution >= 0.6 is 0 Å². The van der Waals surface area contributed by atoms with E-state index in [0.29, 0.717) is 18.3 Å². The Morgan fingerprint density at radius 1 is 1.41 bits per heavy atom. The molecule has 0 aliphatic heterocycles. The molecule has 2 unspecified atom stereocenters. The zero-order valence-corrected chi connectivity index (χ0v) is 11.7. The van der Waals surface area contributed by atoms with Gasteiger partial charge in [-0.3, -0.25) is 4.21 Å². The highest BCUT2D eigenvalue weighted by molar-refractivity contribution is 7.84. The fourth-order valence-electron chi connectivity index (χ4n) is 1.43. The van der Waals surface area contributed by atoms with Gasteiger partial charge in [0.1, 0.15) is 0 Å². The molecule has 6 nitrogen and oxygen atoms in total. The van der Waals surface area contributed by atoms with Gasteiger partial charge in [-0.25, -0.2) is 4.68 Å². The lowest BCUT2D eigenvalue weighted by molar-refractivity contribution is 0.436. The quantitative estimate of drug-likeness (QED) is 0.772. The second-order valence-electron chi connectivity index (χ2n) is 4.49. The highest BCUT2D eigenvalue weighted by atomic mass is 32.2. The average Bonchev–Trinajstić information content (AvgIpc) is 2.71. The molecule has 0 bridgehead atoms. The third-order valence-electron chi connectivity index (χ3n) is 2.47. The van der Waals surface area contributed by atoms with Crippen molar-refractivity contribution in [2.45, 2.75) is 45.8 Å². The molecule has 2 atom stereocenters. The number of rotatable bonds is 7. The van der Waals surface area contributed by atoms with Gasteiger partial charge in [0.25, 0.3) is 0 Å². The first-order valence-electron chi connectivity index (χ1n) is 5.81. The molecule has 0 amide bonds. The highest BCUT2D eigenvalue weighted by Gasteiger charge is 2.13. The van der Waals surface area contributed by atoms with E-state index < -0.39 is 10.8 Å². The molecule has 0 aliphatic rings. The van der Waals surface area contributed by atoms with Crippen molar-refractivity contribution in [1.29, 1.82) is 0 Å². The molecule has 1 rings (SSSR count). The molecule has 0 radical (unpaired) electrons. The first-order valence-corrected chi connectivity index (χ1v) is 7.53. The molecule has 17 heavy (non-hydrogen) atoms. The van der Waals surface area contributed by atoms with Crippen molar-refractivity contribution in [2.75, 3.05) is 12.0 Å². The maximum absolute atomic E-state index is 11.1. The van der Waals surface area contributed by atoms with Gasteiger partial charge in [-0.05, 0) is 23.8 Å². The Morgan fingerprint density at radius 2 is 2.12 bits per heavy atom. The minimum Gasteiger partial charge on any atom is -0.308 e. The van der Waals surface area contributed by atoms with E-state index in [-0.39, 0.29) is 6.04 Å². The van der Waals surface area contributed by atoms with E-state index in [0.717, 1.165) is 12.2 Å². The molecule has 0 saturated heterocycles. The monoisotopic (exact) mass is 259 g/mol. The van der Waals surface area contributed by atoms with Gasteiger partial charge in [0.05, 0.1) is 12.6 Å². The first kappa shape index (κ1) is 14.2. The van der Waals surface area contributed by atoms with E-state index in [1.165, 1.54) is 0 Å². The Morgan fingerprint density at radius 3 is 2.71 bits per heavy atom. The molecule has 1 aromatic rings. The van der Waals surface area contributed by atoms with E-state index in [1.54, 1.807) is 6.26 Å². The predicted molar refractivity (Wildman–Crippen MR) is 68.1 cm³/mol. The summed E-state index contributed by atoms with van der Waals surface area (Å²) in [4.78, 5) is 0. The van der Waals surface area contributed by atoms with Crippen molar-refractivity contribution >= 4 is 10.8 Å². The van der Waals surface area contributed by atoms with Crippen LogP contribution in [0.3, 0.4) is 0 Å². The van der Waals surface area contributed by atoms with Crippen LogP contribution in [0, 0.1) is 0 Å². The van der Waals surface area contributed by atoms with Crippen LogP contribution in [-0.2, 0) is 17.3 Å². The van der Waals surface area contributed by atoms with E-state index in [4.69, 9.17) is 0 Å². The first-order chi connectivity index (χ1) is 8.00. The average molecular weight is 259 g/mol. The second kappa shape index (κ2) is 6.80. The number of hydrogen-bond acceptors (Lipinski definition) is 5. The van der Waals surface area contributed by atoms with Gasteiger partial charge in [0, 0.05) is 28.9 Å². The van der Waals surface area contributed by atoms with Gasteiger partial charge in [0.15, 0.2) is 5.82 Å². The molecule has 98 valence electrons. The zero-order valence-electron chi connectivity index (χ0n) is 10.9. The standard InChI is InChI=1S/C10H21N5OS/c1-8(2)11-7-10-12-13-14-15(10)9(3)5-6-17(4)16/h8-9,11H,5-7H2,1-4H3. The predicted octanol–water partition coefficient (Wildman–Crippen LogP) is 0.501. The van der Waals surface area contributed by atoms with Crippen molar-refractivity contribution < 1.29 is 4.21 Å². The van der Waals surface area contributed by atoms with Crippen LogP contribution < -0.4 is 5.32 Å². The SMILES string of the molecule is CC(C)NCc1nnnn1C(C)CCS(C)=O. The number of hydrogen-bond donors (Lipinski definition) is 1. The summed E-state index contributed by atoms with van der Waals surface area (Å²) in [5, 5.41) is 15.0. The fraction of sp³-hybridized carbons (Fsp3) is 0.900. The van der Waals surface area contributed by atoms with Gasteiger partial charge < -0.3 is 5.32 Å². The van der Waals surface area contributed by atoms with Gasteiger partial charge in [-0.1, -0.05) is 13.8 Å².